The lowest BCUT2D eigenvalue weighted by Gasteiger charge is -2.34. The number of rotatable bonds is 1. The fourth-order valence-electron chi connectivity index (χ4n) is 2.91. The van der Waals surface area contributed by atoms with E-state index in [1.54, 1.807) is 11.8 Å². The van der Waals surface area contributed by atoms with Crippen molar-refractivity contribution in [1.29, 1.82) is 0 Å². The monoisotopic (exact) mass is 282 g/mol. The van der Waals surface area contributed by atoms with Crippen LogP contribution >= 0.6 is 11.8 Å². The van der Waals surface area contributed by atoms with Crippen LogP contribution in [-0.2, 0) is 5.41 Å². The zero-order valence-corrected chi connectivity index (χ0v) is 12.9. The van der Waals surface area contributed by atoms with E-state index < -0.39 is 5.41 Å². The molecule has 0 fully saturated rings. The Hall–Kier alpha value is -1.54. The van der Waals surface area contributed by atoms with Crippen LogP contribution in [0, 0.1) is 13.8 Å². The number of benzene rings is 2. The van der Waals surface area contributed by atoms with Gasteiger partial charge in [0.25, 0.3) is 0 Å². The maximum Gasteiger partial charge on any atom is 0.175 e. The van der Waals surface area contributed by atoms with Gasteiger partial charge < -0.3 is 0 Å². The molecule has 1 aliphatic heterocycles. The van der Waals surface area contributed by atoms with Crippen LogP contribution in [0.4, 0.5) is 0 Å². The summed E-state index contributed by atoms with van der Waals surface area (Å²) in [5.74, 6) is 1.06. The first-order chi connectivity index (χ1) is 9.52. The van der Waals surface area contributed by atoms with Crippen molar-refractivity contribution in [2.75, 3.05) is 5.75 Å². The van der Waals surface area contributed by atoms with Gasteiger partial charge in [-0.25, -0.2) is 0 Å². The summed E-state index contributed by atoms with van der Waals surface area (Å²) in [5.41, 5.74) is 4.02. The van der Waals surface area contributed by atoms with Crippen molar-refractivity contribution in [1.82, 2.24) is 0 Å². The molecule has 1 heterocycles. The van der Waals surface area contributed by atoms with Crippen LogP contribution in [0.2, 0.25) is 0 Å². The Labute approximate surface area is 124 Å². The number of Topliss-reactive ketones (excluding diaryl/α,β-unsaturated/α-hetero) is 1. The summed E-state index contributed by atoms with van der Waals surface area (Å²) in [5, 5.41) is 0. The van der Waals surface area contributed by atoms with E-state index in [-0.39, 0.29) is 5.78 Å². The van der Waals surface area contributed by atoms with Gasteiger partial charge in [0.15, 0.2) is 5.78 Å². The number of aryl methyl sites for hydroxylation is 2. The predicted molar refractivity (Wildman–Crippen MR) is 84.8 cm³/mol. The lowest BCUT2D eigenvalue weighted by Crippen LogP contribution is -2.38. The molecule has 0 radical (unpaired) electrons. The van der Waals surface area contributed by atoms with E-state index >= 15 is 0 Å². The summed E-state index contributed by atoms with van der Waals surface area (Å²) < 4.78 is 0. The third-order valence-corrected chi connectivity index (χ3v) is 5.51. The van der Waals surface area contributed by atoms with Gasteiger partial charge in [0.05, 0.1) is 5.41 Å². The molecule has 1 unspecified atom stereocenters. The third kappa shape index (κ3) is 1.99. The Morgan fingerprint density at radius 3 is 2.60 bits per heavy atom. The first-order valence-corrected chi connectivity index (χ1v) is 7.85. The molecule has 0 bridgehead atoms. The molecular formula is C18H18OS. The standard InChI is InChI=1S/C18H18OS/c1-12-8-9-14-16(10-12)20-11-18(3,17(14)19)15-7-5-4-6-13(15)2/h4-10H,11H2,1-3H3. The summed E-state index contributed by atoms with van der Waals surface area (Å²) in [6.45, 7) is 6.23. The average Bonchev–Trinajstić information content (AvgIpc) is 2.44. The number of carbonyl (C=O) groups excluding carboxylic acids is 1. The highest BCUT2D eigenvalue weighted by molar-refractivity contribution is 7.99. The van der Waals surface area contributed by atoms with Crippen LogP contribution in [0.5, 0.6) is 0 Å². The molecule has 0 amide bonds. The minimum Gasteiger partial charge on any atom is -0.293 e. The summed E-state index contributed by atoms with van der Waals surface area (Å²) in [6, 6.07) is 14.4. The number of carbonyl (C=O) groups is 1. The molecule has 2 aromatic rings. The largest absolute Gasteiger partial charge is 0.293 e. The van der Waals surface area contributed by atoms with E-state index in [0.717, 1.165) is 21.8 Å². The van der Waals surface area contributed by atoms with E-state index in [1.165, 1.54) is 11.1 Å². The molecule has 20 heavy (non-hydrogen) atoms. The molecule has 0 N–H and O–H groups in total. The van der Waals surface area contributed by atoms with Gasteiger partial charge >= 0.3 is 0 Å². The van der Waals surface area contributed by atoms with Crippen molar-refractivity contribution >= 4 is 17.5 Å². The zero-order valence-electron chi connectivity index (χ0n) is 12.1. The summed E-state index contributed by atoms with van der Waals surface area (Å²) >= 11 is 1.80. The van der Waals surface area contributed by atoms with Gasteiger partial charge in [0, 0.05) is 16.2 Å². The highest BCUT2D eigenvalue weighted by atomic mass is 32.2. The minimum absolute atomic E-state index is 0.251. The van der Waals surface area contributed by atoms with E-state index in [9.17, 15) is 4.79 Å². The molecule has 0 saturated heterocycles. The second-order valence-corrected chi connectivity index (χ2v) is 6.78. The molecule has 0 saturated carbocycles. The van der Waals surface area contributed by atoms with Crippen LogP contribution in [-0.4, -0.2) is 11.5 Å². The molecular weight excluding hydrogens is 264 g/mol. The van der Waals surface area contributed by atoms with Crippen LogP contribution in [0.3, 0.4) is 0 Å². The van der Waals surface area contributed by atoms with Gasteiger partial charge in [0.1, 0.15) is 0 Å². The normalized spacial score (nSPS) is 21.6. The van der Waals surface area contributed by atoms with Crippen LogP contribution in [0.25, 0.3) is 0 Å². The van der Waals surface area contributed by atoms with E-state index in [2.05, 4.69) is 39.0 Å². The van der Waals surface area contributed by atoms with Gasteiger partial charge in [-0.3, -0.25) is 4.79 Å². The van der Waals surface area contributed by atoms with Gasteiger partial charge in [0.2, 0.25) is 0 Å². The quantitative estimate of drug-likeness (QED) is 0.763. The van der Waals surface area contributed by atoms with Crippen molar-refractivity contribution in [3.8, 4) is 0 Å². The van der Waals surface area contributed by atoms with Crippen molar-refractivity contribution < 1.29 is 4.79 Å². The van der Waals surface area contributed by atoms with E-state index in [1.807, 2.05) is 24.3 Å². The highest BCUT2D eigenvalue weighted by Gasteiger charge is 2.41. The average molecular weight is 282 g/mol. The van der Waals surface area contributed by atoms with E-state index in [4.69, 9.17) is 0 Å². The lowest BCUT2D eigenvalue weighted by molar-refractivity contribution is 0.0905. The van der Waals surface area contributed by atoms with E-state index in [0.29, 0.717) is 0 Å². The molecule has 1 aliphatic rings. The topological polar surface area (TPSA) is 17.1 Å². The van der Waals surface area contributed by atoms with Gasteiger partial charge in [-0.2, -0.15) is 0 Å². The first kappa shape index (κ1) is 13.4. The number of hydrogen-bond donors (Lipinski definition) is 0. The molecule has 2 heteroatoms. The van der Waals surface area contributed by atoms with Gasteiger partial charge in [-0.05, 0) is 49.6 Å². The number of hydrogen-bond acceptors (Lipinski definition) is 2. The Morgan fingerprint density at radius 1 is 1.10 bits per heavy atom. The fraction of sp³-hybridized carbons (Fsp3) is 0.278. The molecule has 2 aromatic carbocycles. The van der Waals surface area contributed by atoms with Crippen molar-refractivity contribution in [3.63, 3.8) is 0 Å². The number of thioether (sulfide) groups is 1. The highest BCUT2D eigenvalue weighted by Crippen LogP contribution is 2.42. The maximum absolute atomic E-state index is 13.0. The van der Waals surface area contributed by atoms with Crippen LogP contribution in [0.15, 0.2) is 47.4 Å². The van der Waals surface area contributed by atoms with Gasteiger partial charge in [-0.15, -0.1) is 11.8 Å². The maximum atomic E-state index is 13.0. The fourth-order valence-corrected chi connectivity index (χ4v) is 4.23. The Bertz CT molecular complexity index is 690. The SMILES string of the molecule is Cc1ccc2c(c1)SCC(C)(c1ccccc1C)C2=O. The third-order valence-electron chi connectivity index (χ3n) is 4.14. The van der Waals surface area contributed by atoms with Crippen LogP contribution < -0.4 is 0 Å². The second kappa shape index (κ2) is 4.78. The second-order valence-electron chi connectivity index (χ2n) is 5.76. The first-order valence-electron chi connectivity index (χ1n) is 6.87. The smallest absolute Gasteiger partial charge is 0.175 e. The molecule has 0 spiro atoms. The summed E-state index contributed by atoms with van der Waals surface area (Å²) in [6.07, 6.45) is 0. The molecule has 0 aliphatic carbocycles. The number of ketones is 1. The predicted octanol–water partition coefficient (Wildman–Crippen LogP) is 4.55. The molecule has 102 valence electrons. The molecule has 1 atom stereocenters. The summed E-state index contributed by atoms with van der Waals surface area (Å²) in [7, 11) is 0. The molecule has 0 aromatic heterocycles. The Kier molecular flexibility index (Phi) is 3.21. The van der Waals surface area contributed by atoms with Gasteiger partial charge in [-0.1, -0.05) is 30.3 Å². The minimum atomic E-state index is -0.418. The lowest BCUT2D eigenvalue weighted by atomic mass is 9.75. The molecule has 1 nitrogen and oxygen atoms in total. The molecule has 3 rings (SSSR count). The Balaban J connectivity index is 2.12. The van der Waals surface area contributed by atoms with Crippen LogP contribution in [0.1, 0.15) is 34.0 Å². The summed E-state index contributed by atoms with van der Waals surface area (Å²) in [4.78, 5) is 14.1. The Morgan fingerprint density at radius 2 is 1.85 bits per heavy atom. The van der Waals surface area contributed by atoms with Crippen molar-refractivity contribution in [3.05, 3.63) is 64.7 Å². The van der Waals surface area contributed by atoms with Crippen molar-refractivity contribution in [2.24, 2.45) is 0 Å². The number of fused-ring (bicyclic) bond motifs is 1. The zero-order chi connectivity index (χ0) is 14.3. The van der Waals surface area contributed by atoms with Crippen molar-refractivity contribution in [2.45, 2.75) is 31.1 Å².